The molecular formula is C26H35N3O2S. The van der Waals surface area contributed by atoms with Crippen molar-refractivity contribution in [3.63, 3.8) is 0 Å². The van der Waals surface area contributed by atoms with Gasteiger partial charge in [-0.25, -0.2) is 13.1 Å². The maximum Gasteiger partial charge on any atom is 0.241 e. The highest BCUT2D eigenvalue weighted by Crippen LogP contribution is 2.50. The highest BCUT2D eigenvalue weighted by atomic mass is 32.2. The first-order valence-corrected chi connectivity index (χ1v) is 13.1. The molecule has 2 aromatic rings. The summed E-state index contributed by atoms with van der Waals surface area (Å²) < 4.78 is 28.6. The molecule has 0 aromatic heterocycles. The monoisotopic (exact) mass is 453 g/mol. The average Bonchev–Trinajstić information content (AvgIpc) is 3.23. The van der Waals surface area contributed by atoms with Gasteiger partial charge >= 0.3 is 0 Å². The molecule has 0 bridgehead atoms. The SMILES string of the molecule is CCN(CC)c1ccc(C2Nc3ccc(S(=O)(=O)NC(C)(C)C)cc3C3C=CCC32)cc1. The normalized spacial score (nSPS) is 22.2. The van der Waals surface area contributed by atoms with Crippen molar-refractivity contribution >= 4 is 21.4 Å². The second kappa shape index (κ2) is 8.56. The first-order valence-electron chi connectivity index (χ1n) is 11.6. The molecule has 0 fully saturated rings. The number of fused-ring (bicyclic) bond motifs is 3. The molecule has 0 saturated heterocycles. The van der Waals surface area contributed by atoms with Gasteiger partial charge in [-0.1, -0.05) is 24.3 Å². The Bertz CT molecular complexity index is 1100. The maximum absolute atomic E-state index is 12.9. The van der Waals surface area contributed by atoms with E-state index in [0.717, 1.165) is 30.8 Å². The van der Waals surface area contributed by atoms with E-state index in [1.54, 1.807) is 6.07 Å². The molecule has 172 valence electrons. The number of rotatable bonds is 6. The van der Waals surface area contributed by atoms with Crippen LogP contribution in [0.4, 0.5) is 11.4 Å². The van der Waals surface area contributed by atoms with Crippen LogP contribution in [0.25, 0.3) is 0 Å². The lowest BCUT2D eigenvalue weighted by molar-refractivity contribution is 0.425. The van der Waals surface area contributed by atoms with Crippen molar-refractivity contribution in [1.82, 2.24) is 4.72 Å². The molecule has 2 N–H and O–H groups in total. The van der Waals surface area contributed by atoms with E-state index in [2.05, 4.69) is 65.2 Å². The number of hydrogen-bond acceptors (Lipinski definition) is 4. The summed E-state index contributed by atoms with van der Waals surface area (Å²) in [4.78, 5) is 2.68. The third-order valence-electron chi connectivity index (χ3n) is 6.47. The number of hydrogen-bond donors (Lipinski definition) is 2. The first-order chi connectivity index (χ1) is 15.1. The highest BCUT2D eigenvalue weighted by molar-refractivity contribution is 7.89. The lowest BCUT2D eigenvalue weighted by atomic mass is 9.77. The minimum absolute atomic E-state index is 0.198. The topological polar surface area (TPSA) is 61.4 Å². The highest BCUT2D eigenvalue weighted by Gasteiger charge is 2.38. The molecule has 32 heavy (non-hydrogen) atoms. The fraction of sp³-hybridized carbons (Fsp3) is 0.462. The number of allylic oxidation sites excluding steroid dienone is 2. The van der Waals surface area contributed by atoms with Gasteiger partial charge in [-0.3, -0.25) is 0 Å². The molecule has 1 heterocycles. The Morgan fingerprint density at radius 3 is 2.38 bits per heavy atom. The van der Waals surface area contributed by atoms with Crippen LogP contribution < -0.4 is 14.9 Å². The van der Waals surface area contributed by atoms with E-state index < -0.39 is 15.6 Å². The van der Waals surface area contributed by atoms with E-state index in [1.165, 1.54) is 11.3 Å². The molecule has 0 saturated carbocycles. The average molecular weight is 454 g/mol. The lowest BCUT2D eigenvalue weighted by Gasteiger charge is -2.38. The van der Waals surface area contributed by atoms with Gasteiger partial charge in [0.15, 0.2) is 0 Å². The fourth-order valence-electron chi connectivity index (χ4n) is 5.01. The van der Waals surface area contributed by atoms with Crippen LogP contribution in [0.2, 0.25) is 0 Å². The quantitative estimate of drug-likeness (QED) is 0.572. The number of nitrogens with one attached hydrogen (secondary N) is 2. The number of anilines is 2. The molecule has 1 aliphatic heterocycles. The minimum atomic E-state index is -3.57. The van der Waals surface area contributed by atoms with Crippen LogP contribution in [0, 0.1) is 5.92 Å². The summed E-state index contributed by atoms with van der Waals surface area (Å²) in [6, 6.07) is 14.6. The smallest absolute Gasteiger partial charge is 0.241 e. The van der Waals surface area contributed by atoms with Gasteiger partial charge in [0.05, 0.1) is 10.9 Å². The Labute approximate surface area is 193 Å². The van der Waals surface area contributed by atoms with Crippen LogP contribution in [0.5, 0.6) is 0 Å². The van der Waals surface area contributed by atoms with Crippen molar-refractivity contribution in [2.45, 2.75) is 63.4 Å². The van der Waals surface area contributed by atoms with Gasteiger partial charge in [0.25, 0.3) is 0 Å². The molecule has 2 aromatic carbocycles. The largest absolute Gasteiger partial charge is 0.378 e. The first kappa shape index (κ1) is 22.9. The van der Waals surface area contributed by atoms with E-state index in [0.29, 0.717) is 10.8 Å². The summed E-state index contributed by atoms with van der Waals surface area (Å²) in [5.41, 5.74) is 4.08. The van der Waals surface area contributed by atoms with Crippen molar-refractivity contribution in [3.05, 3.63) is 65.7 Å². The molecule has 3 unspecified atom stereocenters. The Hall–Kier alpha value is -2.31. The predicted molar refractivity (Wildman–Crippen MR) is 133 cm³/mol. The van der Waals surface area contributed by atoms with Crippen molar-refractivity contribution in [2.24, 2.45) is 5.92 Å². The number of nitrogens with zero attached hydrogens (tertiary/aromatic N) is 1. The summed E-state index contributed by atoms with van der Waals surface area (Å²) in [5.74, 6) is 0.582. The second-order valence-electron chi connectivity index (χ2n) is 9.84. The third kappa shape index (κ3) is 4.44. The zero-order valence-electron chi connectivity index (χ0n) is 19.7. The Kier molecular flexibility index (Phi) is 6.12. The summed E-state index contributed by atoms with van der Waals surface area (Å²) in [7, 11) is -3.57. The van der Waals surface area contributed by atoms with Crippen LogP contribution in [0.1, 0.15) is 64.1 Å². The summed E-state index contributed by atoms with van der Waals surface area (Å²) in [6.45, 7) is 11.9. The zero-order chi connectivity index (χ0) is 23.1. The molecule has 0 amide bonds. The molecular weight excluding hydrogens is 418 g/mol. The maximum atomic E-state index is 12.9. The van der Waals surface area contributed by atoms with Gasteiger partial charge in [0, 0.05) is 35.9 Å². The second-order valence-corrected chi connectivity index (χ2v) is 11.5. The van der Waals surface area contributed by atoms with Crippen LogP contribution in [0.3, 0.4) is 0 Å². The third-order valence-corrected chi connectivity index (χ3v) is 8.22. The van der Waals surface area contributed by atoms with Gasteiger partial charge in [-0.05, 0) is 88.4 Å². The van der Waals surface area contributed by atoms with Gasteiger partial charge < -0.3 is 10.2 Å². The lowest BCUT2D eigenvalue weighted by Crippen LogP contribution is -2.40. The van der Waals surface area contributed by atoms with Crippen LogP contribution in [-0.2, 0) is 10.0 Å². The minimum Gasteiger partial charge on any atom is -0.378 e. The van der Waals surface area contributed by atoms with Crippen LogP contribution in [-0.4, -0.2) is 27.0 Å². The van der Waals surface area contributed by atoms with Crippen molar-refractivity contribution in [1.29, 1.82) is 0 Å². The van der Waals surface area contributed by atoms with E-state index in [9.17, 15) is 8.42 Å². The van der Waals surface area contributed by atoms with Gasteiger partial charge in [-0.2, -0.15) is 0 Å². The van der Waals surface area contributed by atoms with Crippen molar-refractivity contribution < 1.29 is 8.42 Å². The number of sulfonamides is 1. The standard InChI is InChI=1S/C26H35N3O2S/c1-6-29(7-2)19-13-11-18(12-14-19)25-22-10-8-9-21(22)23-17-20(15-16-24(23)27-25)32(30,31)28-26(3,4)5/h8-9,11-17,21-22,25,27-28H,6-7,10H2,1-5H3. The number of benzene rings is 2. The molecule has 4 rings (SSSR count). The Balaban J connectivity index is 1.65. The molecule has 1 aliphatic carbocycles. The van der Waals surface area contributed by atoms with Gasteiger partial charge in [0.1, 0.15) is 0 Å². The van der Waals surface area contributed by atoms with E-state index in [1.807, 2.05) is 32.9 Å². The molecule has 2 aliphatic rings. The Morgan fingerprint density at radius 1 is 1.06 bits per heavy atom. The van der Waals surface area contributed by atoms with Crippen LogP contribution in [0.15, 0.2) is 59.5 Å². The van der Waals surface area contributed by atoms with E-state index in [-0.39, 0.29) is 12.0 Å². The Morgan fingerprint density at radius 2 is 1.75 bits per heavy atom. The summed E-state index contributed by atoms with van der Waals surface area (Å²) in [5, 5.41) is 3.72. The van der Waals surface area contributed by atoms with Gasteiger partial charge in [0.2, 0.25) is 10.0 Å². The molecule has 3 atom stereocenters. The molecule has 0 radical (unpaired) electrons. The van der Waals surface area contributed by atoms with E-state index in [4.69, 9.17) is 0 Å². The van der Waals surface area contributed by atoms with Gasteiger partial charge in [-0.15, -0.1) is 0 Å². The zero-order valence-corrected chi connectivity index (χ0v) is 20.5. The van der Waals surface area contributed by atoms with E-state index >= 15 is 0 Å². The van der Waals surface area contributed by atoms with Crippen LogP contribution >= 0.6 is 0 Å². The fourth-order valence-corrected chi connectivity index (χ4v) is 6.47. The van der Waals surface area contributed by atoms with Crippen molar-refractivity contribution in [3.8, 4) is 0 Å². The molecule has 0 spiro atoms. The van der Waals surface area contributed by atoms with Crippen molar-refractivity contribution in [2.75, 3.05) is 23.3 Å². The predicted octanol–water partition coefficient (Wildman–Crippen LogP) is 5.44. The summed E-state index contributed by atoms with van der Waals surface area (Å²) >= 11 is 0. The summed E-state index contributed by atoms with van der Waals surface area (Å²) in [6.07, 6.45) is 5.46. The molecule has 6 heteroatoms. The molecule has 5 nitrogen and oxygen atoms in total.